The number of ether oxygens (including phenoxy) is 2. The number of nitrogens with zero attached hydrogens (tertiary/aromatic N) is 1. The van der Waals surface area contributed by atoms with E-state index in [-0.39, 0.29) is 44.2 Å². The van der Waals surface area contributed by atoms with E-state index in [1.54, 1.807) is 39.8 Å². The summed E-state index contributed by atoms with van der Waals surface area (Å²) in [5, 5.41) is 15.4. The third-order valence-corrected chi connectivity index (χ3v) is 6.04. The van der Waals surface area contributed by atoms with Crippen LogP contribution in [-0.2, 0) is 28.7 Å². The van der Waals surface area contributed by atoms with Gasteiger partial charge in [-0.05, 0) is 71.1 Å². The van der Waals surface area contributed by atoms with Gasteiger partial charge in [-0.1, -0.05) is 12.1 Å². The topological polar surface area (TPSA) is 177 Å². The lowest BCUT2D eigenvalue weighted by Gasteiger charge is -2.43. The number of primary amides is 1. The van der Waals surface area contributed by atoms with Gasteiger partial charge in [-0.25, -0.2) is 4.79 Å². The van der Waals surface area contributed by atoms with Gasteiger partial charge >= 0.3 is 12.1 Å². The third-order valence-electron chi connectivity index (χ3n) is 6.04. The highest BCUT2D eigenvalue weighted by Crippen LogP contribution is 2.35. The quantitative estimate of drug-likeness (QED) is 0.271. The van der Waals surface area contributed by atoms with E-state index >= 15 is 0 Å². The molecule has 4 amide bonds. The number of alkyl carbamates (subject to hydrolysis) is 1. The number of nitrogens with two attached hydrogens (primary N) is 1. The smallest absolute Gasteiger partial charge is 0.408 e. The van der Waals surface area contributed by atoms with Crippen molar-refractivity contribution < 1.29 is 38.6 Å². The molecule has 1 aromatic carbocycles. The summed E-state index contributed by atoms with van der Waals surface area (Å²) in [7, 11) is 0. The monoisotopic (exact) mass is 548 g/mol. The van der Waals surface area contributed by atoms with Crippen molar-refractivity contribution in [2.45, 2.75) is 89.9 Å². The number of rotatable bonds is 13. The number of amides is 4. The lowest BCUT2D eigenvalue weighted by Crippen LogP contribution is -2.57. The SMILES string of the molecule is CCOC(=O)CCNC(=O)C(c1cccc(O)c1)N(C(=O)C(CCC(N)=O)NC(=O)OC(C)(C)C)C1CCC1. The van der Waals surface area contributed by atoms with Crippen LogP contribution >= 0.6 is 0 Å². The van der Waals surface area contributed by atoms with Crippen molar-refractivity contribution >= 4 is 29.8 Å². The number of esters is 1. The second-order valence-electron chi connectivity index (χ2n) is 10.4. The number of aromatic hydroxyl groups is 1. The Kier molecular flexibility index (Phi) is 11.6. The predicted octanol–water partition coefficient (Wildman–Crippen LogP) is 2.04. The van der Waals surface area contributed by atoms with E-state index in [1.807, 2.05) is 0 Å². The fourth-order valence-electron chi connectivity index (χ4n) is 4.11. The molecule has 0 heterocycles. The van der Waals surface area contributed by atoms with Crippen LogP contribution in [0.25, 0.3) is 0 Å². The first kappa shape index (κ1) is 31.4. The van der Waals surface area contributed by atoms with Gasteiger partial charge in [0.15, 0.2) is 0 Å². The molecule has 0 radical (unpaired) electrons. The molecule has 5 N–H and O–H groups in total. The first-order valence-electron chi connectivity index (χ1n) is 13.1. The molecule has 2 rings (SSSR count). The molecule has 12 heteroatoms. The number of hydrogen-bond donors (Lipinski definition) is 4. The number of phenols is 1. The molecule has 1 fully saturated rings. The number of phenolic OH excluding ortho intramolecular Hbond substituents is 1. The van der Waals surface area contributed by atoms with Crippen LogP contribution in [0.15, 0.2) is 24.3 Å². The summed E-state index contributed by atoms with van der Waals surface area (Å²) in [6.07, 6.45) is 0.855. The number of carbonyl (C=O) groups is 5. The van der Waals surface area contributed by atoms with Crippen LogP contribution in [0, 0.1) is 0 Å². The molecule has 12 nitrogen and oxygen atoms in total. The molecule has 216 valence electrons. The Morgan fingerprint density at radius 2 is 1.85 bits per heavy atom. The lowest BCUT2D eigenvalue weighted by atomic mass is 9.87. The minimum atomic E-state index is -1.21. The molecular formula is C27H40N4O8. The first-order chi connectivity index (χ1) is 18.3. The summed E-state index contributed by atoms with van der Waals surface area (Å²) in [6.45, 7) is 6.88. The van der Waals surface area contributed by atoms with Crippen LogP contribution in [0.4, 0.5) is 4.79 Å². The highest BCUT2D eigenvalue weighted by atomic mass is 16.6. The summed E-state index contributed by atoms with van der Waals surface area (Å²) >= 11 is 0. The molecule has 0 saturated heterocycles. The largest absolute Gasteiger partial charge is 0.508 e. The van der Waals surface area contributed by atoms with Gasteiger partial charge in [0.25, 0.3) is 0 Å². The van der Waals surface area contributed by atoms with Gasteiger partial charge in [0.1, 0.15) is 23.4 Å². The van der Waals surface area contributed by atoms with E-state index in [1.165, 1.54) is 17.0 Å². The van der Waals surface area contributed by atoms with E-state index in [2.05, 4.69) is 10.6 Å². The zero-order valence-electron chi connectivity index (χ0n) is 23.0. The molecule has 0 aliphatic heterocycles. The summed E-state index contributed by atoms with van der Waals surface area (Å²) in [5.74, 6) is -2.41. The number of benzene rings is 1. The van der Waals surface area contributed by atoms with Gasteiger partial charge in [0.05, 0.1) is 13.0 Å². The van der Waals surface area contributed by atoms with E-state index in [0.717, 1.165) is 6.42 Å². The Balaban J connectivity index is 2.42. The maximum absolute atomic E-state index is 14.0. The van der Waals surface area contributed by atoms with E-state index in [4.69, 9.17) is 15.2 Å². The molecule has 1 aliphatic rings. The van der Waals surface area contributed by atoms with Crippen molar-refractivity contribution in [3.05, 3.63) is 29.8 Å². The maximum Gasteiger partial charge on any atom is 0.408 e. The Morgan fingerprint density at radius 1 is 1.15 bits per heavy atom. The maximum atomic E-state index is 14.0. The fraction of sp³-hybridized carbons (Fsp3) is 0.593. The highest BCUT2D eigenvalue weighted by molar-refractivity contribution is 5.93. The Bertz CT molecular complexity index is 1030. The van der Waals surface area contributed by atoms with Crippen LogP contribution in [0.2, 0.25) is 0 Å². The second-order valence-corrected chi connectivity index (χ2v) is 10.4. The zero-order valence-corrected chi connectivity index (χ0v) is 23.0. The summed E-state index contributed by atoms with van der Waals surface area (Å²) < 4.78 is 10.2. The van der Waals surface area contributed by atoms with Crippen LogP contribution in [-0.4, -0.2) is 70.6 Å². The van der Waals surface area contributed by atoms with Crippen LogP contribution in [0.3, 0.4) is 0 Å². The highest BCUT2D eigenvalue weighted by Gasteiger charge is 2.42. The first-order valence-corrected chi connectivity index (χ1v) is 13.1. The predicted molar refractivity (Wildman–Crippen MR) is 141 cm³/mol. The van der Waals surface area contributed by atoms with Crippen molar-refractivity contribution in [2.75, 3.05) is 13.2 Å². The van der Waals surface area contributed by atoms with Gasteiger partial charge < -0.3 is 35.8 Å². The van der Waals surface area contributed by atoms with Crippen LogP contribution in [0.1, 0.15) is 77.8 Å². The average molecular weight is 549 g/mol. The lowest BCUT2D eigenvalue weighted by molar-refractivity contribution is -0.148. The van der Waals surface area contributed by atoms with Gasteiger partial charge in [-0.15, -0.1) is 0 Å². The van der Waals surface area contributed by atoms with Gasteiger partial charge in [0.2, 0.25) is 17.7 Å². The van der Waals surface area contributed by atoms with Gasteiger partial charge in [0, 0.05) is 19.0 Å². The normalized spacial score (nSPS) is 14.8. The molecule has 1 aromatic rings. The molecule has 2 unspecified atom stereocenters. The standard InChI is InChI=1S/C27H40N4O8/c1-5-38-22(34)14-15-29-24(35)23(17-8-6-11-19(32)16-17)31(18-9-7-10-18)25(36)20(12-13-21(28)33)30-26(37)39-27(2,3)4/h6,8,11,16,18,20,23,32H,5,7,9-10,12-15H2,1-4H3,(H2,28,33)(H,29,35)(H,30,37). The molecule has 1 saturated carbocycles. The Morgan fingerprint density at radius 3 is 2.38 bits per heavy atom. The number of nitrogens with one attached hydrogen (secondary N) is 2. The second kappa shape index (κ2) is 14.4. The molecule has 1 aliphatic carbocycles. The molecule has 39 heavy (non-hydrogen) atoms. The van der Waals surface area contributed by atoms with Crippen LogP contribution in [0.5, 0.6) is 5.75 Å². The van der Waals surface area contributed by atoms with Crippen molar-refractivity contribution in [3.63, 3.8) is 0 Å². The minimum absolute atomic E-state index is 0.0268. The number of hydrogen-bond acceptors (Lipinski definition) is 8. The fourth-order valence-corrected chi connectivity index (χ4v) is 4.11. The molecule has 0 bridgehead atoms. The van der Waals surface area contributed by atoms with Crippen molar-refractivity contribution in [1.82, 2.24) is 15.5 Å². The van der Waals surface area contributed by atoms with E-state index < -0.39 is 47.5 Å². The van der Waals surface area contributed by atoms with Crippen molar-refractivity contribution in [3.8, 4) is 5.75 Å². The Labute approximate surface area is 228 Å². The summed E-state index contributed by atoms with van der Waals surface area (Å²) in [6, 6.07) is 3.25. The number of carbonyl (C=O) groups excluding carboxylic acids is 5. The van der Waals surface area contributed by atoms with Gasteiger partial charge in [-0.3, -0.25) is 19.2 Å². The van der Waals surface area contributed by atoms with Gasteiger partial charge in [-0.2, -0.15) is 0 Å². The van der Waals surface area contributed by atoms with Crippen LogP contribution < -0.4 is 16.4 Å². The zero-order chi connectivity index (χ0) is 29.2. The van der Waals surface area contributed by atoms with Crippen molar-refractivity contribution in [2.24, 2.45) is 5.73 Å². The van der Waals surface area contributed by atoms with E-state index in [9.17, 15) is 29.1 Å². The third kappa shape index (κ3) is 10.1. The summed E-state index contributed by atoms with van der Waals surface area (Å²) in [4.78, 5) is 64.9. The molecule has 2 atom stereocenters. The summed E-state index contributed by atoms with van der Waals surface area (Å²) in [5.41, 5.74) is 4.83. The molecule has 0 spiro atoms. The molecule has 0 aromatic heterocycles. The minimum Gasteiger partial charge on any atom is -0.508 e. The van der Waals surface area contributed by atoms with Crippen molar-refractivity contribution in [1.29, 1.82) is 0 Å². The molecular weight excluding hydrogens is 508 g/mol. The Hall–Kier alpha value is -3.83. The van der Waals surface area contributed by atoms with E-state index in [0.29, 0.717) is 18.4 Å². The average Bonchev–Trinajstić information content (AvgIpc) is 2.78.